The van der Waals surface area contributed by atoms with E-state index in [2.05, 4.69) is 35.6 Å². The van der Waals surface area contributed by atoms with Crippen LogP contribution in [0.3, 0.4) is 0 Å². The second kappa shape index (κ2) is 12.9. The highest BCUT2D eigenvalue weighted by Crippen LogP contribution is 2.30. The van der Waals surface area contributed by atoms with Crippen molar-refractivity contribution in [3.63, 3.8) is 0 Å². The number of hydrogen-bond donors (Lipinski definition) is 3. The van der Waals surface area contributed by atoms with Gasteiger partial charge in [-0.1, -0.05) is 13.8 Å². The fourth-order valence-corrected chi connectivity index (χ4v) is 4.44. The predicted octanol–water partition coefficient (Wildman–Crippen LogP) is 3.71. The fourth-order valence-electron chi connectivity index (χ4n) is 3.43. The highest BCUT2D eigenvalue weighted by molar-refractivity contribution is 7.10. The van der Waals surface area contributed by atoms with E-state index < -0.39 is 41.6 Å². The van der Waals surface area contributed by atoms with E-state index in [0.717, 1.165) is 6.26 Å². The third-order valence-corrected chi connectivity index (χ3v) is 6.38. The van der Waals surface area contributed by atoms with Gasteiger partial charge in [0.25, 0.3) is 11.8 Å². The number of alkyl carbamates (subject to hydrolysis) is 1. The van der Waals surface area contributed by atoms with Crippen molar-refractivity contribution in [3.05, 3.63) is 39.7 Å². The van der Waals surface area contributed by atoms with Gasteiger partial charge in [-0.05, 0) is 40.5 Å². The third-order valence-electron chi connectivity index (χ3n) is 5.45. The molecule has 15 heteroatoms. The summed E-state index contributed by atoms with van der Waals surface area (Å²) in [6.07, 6.45) is 0.569. The molecule has 3 rings (SSSR count). The molecule has 0 aromatic carbocycles. The largest absolute Gasteiger partial charge is 0.468 e. The number of aryl methyl sites for hydroxylation is 1. The normalized spacial score (nSPS) is 12.9. The molecule has 0 aliphatic carbocycles. The zero-order valence-electron chi connectivity index (χ0n) is 24.1. The van der Waals surface area contributed by atoms with E-state index in [4.69, 9.17) is 13.6 Å². The van der Waals surface area contributed by atoms with Crippen molar-refractivity contribution in [1.82, 2.24) is 30.9 Å². The fraction of sp³-hybridized carbons (Fsp3) is 0.500. The second-order valence-corrected chi connectivity index (χ2v) is 11.3. The molecule has 0 fully saturated rings. The van der Waals surface area contributed by atoms with E-state index in [-0.39, 0.29) is 41.4 Å². The number of ether oxygens (including phenoxy) is 2. The summed E-state index contributed by atoms with van der Waals surface area (Å²) in [6.45, 7) is 12.2. The van der Waals surface area contributed by atoms with E-state index in [1.165, 1.54) is 18.4 Å². The molecule has 0 saturated carbocycles. The lowest BCUT2D eigenvalue weighted by Gasteiger charge is -2.24. The molecule has 0 aliphatic rings. The van der Waals surface area contributed by atoms with Crippen LogP contribution in [0.5, 0.6) is 0 Å². The van der Waals surface area contributed by atoms with E-state index >= 15 is 0 Å². The maximum atomic E-state index is 13.0. The number of carbonyl (C=O) groups excluding carboxylic acids is 4. The number of nitrogens with zero attached hydrogens (tertiary/aromatic N) is 3. The van der Waals surface area contributed by atoms with Crippen molar-refractivity contribution in [2.45, 2.75) is 66.2 Å². The zero-order valence-corrected chi connectivity index (χ0v) is 24.9. The Bertz CT molecular complexity index is 1400. The number of esters is 1. The molecule has 0 saturated heterocycles. The molecule has 14 nitrogen and oxygen atoms in total. The summed E-state index contributed by atoms with van der Waals surface area (Å²) in [7, 11) is 1.20. The van der Waals surface area contributed by atoms with Crippen LogP contribution >= 0.6 is 11.3 Å². The minimum absolute atomic E-state index is 0.0188. The lowest BCUT2D eigenvalue weighted by molar-refractivity contribution is -0.139. The van der Waals surface area contributed by atoms with E-state index in [1.807, 2.05) is 13.8 Å². The van der Waals surface area contributed by atoms with E-state index in [9.17, 15) is 19.2 Å². The van der Waals surface area contributed by atoms with Gasteiger partial charge in [0.05, 0.1) is 13.2 Å². The number of methoxy groups -OCH3 is 1. The summed E-state index contributed by atoms with van der Waals surface area (Å²) < 4.78 is 20.9. The molecule has 0 aliphatic heterocycles. The molecule has 0 bridgehead atoms. The van der Waals surface area contributed by atoms with Gasteiger partial charge in [-0.15, -0.1) is 11.3 Å². The molecule has 0 unspecified atom stereocenters. The zero-order chi connectivity index (χ0) is 30.5. The van der Waals surface area contributed by atoms with Gasteiger partial charge < -0.3 is 34.3 Å². The Morgan fingerprint density at radius 2 is 1.76 bits per heavy atom. The molecule has 0 radical (unpaired) electrons. The van der Waals surface area contributed by atoms with Gasteiger partial charge >= 0.3 is 12.1 Å². The third kappa shape index (κ3) is 8.36. The Hall–Kier alpha value is -4.27. The Kier molecular flexibility index (Phi) is 9.86. The van der Waals surface area contributed by atoms with Gasteiger partial charge in [-0.25, -0.2) is 19.7 Å². The van der Waals surface area contributed by atoms with Gasteiger partial charge in [0.1, 0.15) is 40.9 Å². The molecule has 3 amide bonds. The van der Waals surface area contributed by atoms with Crippen LogP contribution in [0.1, 0.15) is 91.3 Å². The van der Waals surface area contributed by atoms with Crippen molar-refractivity contribution in [2.75, 3.05) is 13.7 Å². The van der Waals surface area contributed by atoms with Crippen LogP contribution in [0.15, 0.2) is 20.5 Å². The molecule has 222 valence electrons. The van der Waals surface area contributed by atoms with Crippen molar-refractivity contribution in [2.24, 2.45) is 5.92 Å². The van der Waals surface area contributed by atoms with Crippen LogP contribution in [0.25, 0.3) is 11.6 Å². The quantitative estimate of drug-likeness (QED) is 0.292. The standard InChI is InChI=1S/C26H34N6O8S/c1-12(2)18(32-25(36)40-26(5,6)7)24-30-16(11-41-24)23-31-19(14(4)39-23)21(35)28-13(3)22-29-15(10-38-22)20(34)27-9-17(33)37-8/h10-13,18H,9H2,1-8H3,(H,27,34)(H,28,35)(H,32,36)/t13-,18-/m0/s1. The number of rotatable bonds is 10. The monoisotopic (exact) mass is 590 g/mol. The smallest absolute Gasteiger partial charge is 0.408 e. The Balaban J connectivity index is 1.68. The minimum atomic E-state index is -0.721. The summed E-state index contributed by atoms with van der Waals surface area (Å²) in [5.74, 6) is -1.30. The van der Waals surface area contributed by atoms with Gasteiger partial charge in [0.15, 0.2) is 11.4 Å². The van der Waals surface area contributed by atoms with E-state index in [0.29, 0.717) is 10.7 Å². The molecule has 3 heterocycles. The summed E-state index contributed by atoms with van der Waals surface area (Å²) in [5, 5.41) is 10.3. The predicted molar refractivity (Wildman–Crippen MR) is 146 cm³/mol. The number of aromatic nitrogens is 3. The second-order valence-electron chi connectivity index (χ2n) is 10.4. The van der Waals surface area contributed by atoms with Gasteiger partial charge in [-0.3, -0.25) is 14.4 Å². The van der Waals surface area contributed by atoms with Gasteiger partial charge in [0, 0.05) is 5.38 Å². The number of thiazole rings is 1. The first kappa shape index (κ1) is 31.3. The highest BCUT2D eigenvalue weighted by Gasteiger charge is 2.27. The maximum Gasteiger partial charge on any atom is 0.408 e. The Morgan fingerprint density at radius 1 is 1.05 bits per heavy atom. The van der Waals surface area contributed by atoms with Crippen molar-refractivity contribution < 1.29 is 37.5 Å². The summed E-state index contributed by atoms with van der Waals surface area (Å²) in [4.78, 5) is 61.7. The summed E-state index contributed by atoms with van der Waals surface area (Å²) in [6, 6.07) is -1.13. The van der Waals surface area contributed by atoms with E-state index in [1.54, 1.807) is 40.0 Å². The summed E-state index contributed by atoms with van der Waals surface area (Å²) in [5.41, 5.74) is -0.257. The van der Waals surface area contributed by atoms with Gasteiger partial charge in [0.2, 0.25) is 11.8 Å². The first-order valence-corrected chi connectivity index (χ1v) is 13.6. The van der Waals surface area contributed by atoms with Crippen LogP contribution in [-0.2, 0) is 14.3 Å². The summed E-state index contributed by atoms with van der Waals surface area (Å²) >= 11 is 1.32. The van der Waals surface area contributed by atoms with Crippen LogP contribution < -0.4 is 16.0 Å². The number of nitrogens with one attached hydrogen (secondary N) is 3. The molecular weight excluding hydrogens is 556 g/mol. The average Bonchev–Trinajstić information content (AvgIpc) is 3.64. The highest BCUT2D eigenvalue weighted by atomic mass is 32.1. The number of amides is 3. The molecular formula is C26H34N6O8S. The van der Waals surface area contributed by atoms with Crippen molar-refractivity contribution in [3.8, 4) is 11.6 Å². The Morgan fingerprint density at radius 3 is 2.39 bits per heavy atom. The minimum Gasteiger partial charge on any atom is -0.468 e. The maximum absolute atomic E-state index is 13.0. The molecule has 3 aromatic rings. The van der Waals surface area contributed by atoms with Crippen molar-refractivity contribution in [1.29, 1.82) is 0 Å². The number of carbonyl (C=O) groups is 4. The van der Waals surface area contributed by atoms with Crippen LogP contribution in [-0.4, -0.2) is 58.1 Å². The SMILES string of the molecule is COC(=O)CNC(=O)c1coc([C@H](C)NC(=O)c2nc(-c3csc([C@@H](NC(=O)OC(C)(C)C)C(C)C)n3)oc2C)n1. The van der Waals surface area contributed by atoms with Gasteiger partial charge in [-0.2, -0.15) is 0 Å². The molecule has 0 spiro atoms. The molecule has 3 aromatic heterocycles. The first-order valence-electron chi connectivity index (χ1n) is 12.7. The Labute approximate surface area is 240 Å². The number of oxazole rings is 2. The molecule has 2 atom stereocenters. The van der Waals surface area contributed by atoms with Crippen LogP contribution in [0.2, 0.25) is 0 Å². The first-order chi connectivity index (χ1) is 19.2. The van der Waals surface area contributed by atoms with Crippen molar-refractivity contribution >= 4 is 35.2 Å². The topological polar surface area (TPSA) is 188 Å². The molecule has 3 N–H and O–H groups in total. The van der Waals surface area contributed by atoms with Crippen LogP contribution in [0.4, 0.5) is 4.79 Å². The molecule has 41 heavy (non-hydrogen) atoms. The lowest BCUT2D eigenvalue weighted by atomic mass is 10.1. The van der Waals surface area contributed by atoms with Crippen LogP contribution in [0, 0.1) is 12.8 Å². The lowest BCUT2D eigenvalue weighted by Crippen LogP contribution is -2.36. The average molecular weight is 591 g/mol. The number of hydrogen-bond acceptors (Lipinski definition) is 12.